The number of halogens is 2. The van der Waals surface area contributed by atoms with Crippen molar-refractivity contribution in [2.24, 2.45) is 0 Å². The van der Waals surface area contributed by atoms with E-state index in [0.29, 0.717) is 22.2 Å². The molecule has 34 heavy (non-hydrogen) atoms. The van der Waals surface area contributed by atoms with Gasteiger partial charge in [0.25, 0.3) is 0 Å². The van der Waals surface area contributed by atoms with Crippen molar-refractivity contribution in [2.45, 2.75) is 63.6 Å². The van der Waals surface area contributed by atoms with Crippen molar-refractivity contribution in [2.75, 3.05) is 5.32 Å². The summed E-state index contributed by atoms with van der Waals surface area (Å²) in [6.45, 7) is -2.91. The number of hydrogen-bond acceptors (Lipinski definition) is 3. The number of nitrogens with zero attached hydrogens (tertiary/aromatic N) is 2. The summed E-state index contributed by atoms with van der Waals surface area (Å²) in [6, 6.07) is 14.7. The number of amides is 2. The number of nitrogens with one attached hydrogen (secondary N) is 2. The predicted octanol–water partition coefficient (Wildman–Crippen LogP) is 6.57. The predicted molar refractivity (Wildman–Crippen MR) is 126 cm³/mol. The van der Waals surface area contributed by atoms with Crippen LogP contribution in [0.4, 0.5) is 19.3 Å². The molecule has 6 nitrogen and oxygen atoms in total. The van der Waals surface area contributed by atoms with Crippen molar-refractivity contribution in [3.63, 3.8) is 0 Å². The number of fused-ring (bicyclic) bond motifs is 1. The van der Waals surface area contributed by atoms with Crippen LogP contribution in [0.1, 0.15) is 56.6 Å². The smallest absolute Gasteiger partial charge is 0.387 e. The first kappa shape index (κ1) is 22.2. The van der Waals surface area contributed by atoms with Crippen molar-refractivity contribution < 1.29 is 18.3 Å². The molecule has 0 radical (unpaired) electrons. The number of anilines is 1. The van der Waals surface area contributed by atoms with Crippen LogP contribution in [0.15, 0.2) is 42.5 Å². The van der Waals surface area contributed by atoms with Gasteiger partial charge in [-0.1, -0.05) is 25.0 Å². The average molecular weight is 465 g/mol. The van der Waals surface area contributed by atoms with Crippen LogP contribution in [-0.4, -0.2) is 23.3 Å². The van der Waals surface area contributed by atoms with E-state index in [9.17, 15) is 18.8 Å². The number of benzene rings is 2. The molecule has 2 aliphatic rings. The number of alkyl halides is 2. The van der Waals surface area contributed by atoms with Crippen LogP contribution in [0.3, 0.4) is 0 Å². The number of ether oxygens (including phenoxy) is 1. The normalized spacial score (nSPS) is 16.4. The van der Waals surface area contributed by atoms with Crippen LogP contribution < -0.4 is 15.4 Å². The summed E-state index contributed by atoms with van der Waals surface area (Å²) >= 11 is 0. The molecule has 2 fully saturated rings. The zero-order chi connectivity index (χ0) is 23.7. The van der Waals surface area contributed by atoms with E-state index in [2.05, 4.69) is 26.0 Å². The van der Waals surface area contributed by atoms with Crippen molar-refractivity contribution in [3.8, 4) is 23.1 Å². The van der Waals surface area contributed by atoms with Crippen LogP contribution in [0, 0.1) is 11.3 Å². The van der Waals surface area contributed by atoms with E-state index in [-0.39, 0.29) is 23.9 Å². The Bertz CT molecular complexity index is 1240. The lowest BCUT2D eigenvalue weighted by Gasteiger charge is -2.30. The second-order valence-corrected chi connectivity index (χ2v) is 9.00. The molecule has 2 saturated carbocycles. The Balaban J connectivity index is 1.48. The molecule has 0 aliphatic heterocycles. The topological polar surface area (TPSA) is 79.1 Å². The molecule has 0 spiro atoms. The quantitative estimate of drug-likeness (QED) is 0.433. The largest absolute Gasteiger partial charge is 0.435 e. The van der Waals surface area contributed by atoms with Crippen molar-refractivity contribution in [1.82, 2.24) is 9.88 Å². The number of hydrogen-bond donors (Lipinski definition) is 2. The molecular weight excluding hydrogens is 438 g/mol. The zero-order valence-electron chi connectivity index (χ0n) is 18.7. The third-order valence-electron chi connectivity index (χ3n) is 6.86. The Labute approximate surface area is 196 Å². The van der Waals surface area contributed by atoms with E-state index in [1.165, 1.54) is 6.07 Å². The molecular formula is C26H26F2N4O2. The minimum atomic E-state index is -2.91. The van der Waals surface area contributed by atoms with Gasteiger partial charge in [0, 0.05) is 29.2 Å². The van der Waals surface area contributed by atoms with Crippen molar-refractivity contribution >= 4 is 22.6 Å². The standard InChI is InChI=1S/C26H26F2N4O2/c27-25(28)34-20-12-13-21-22(15-29)24(32(23(21)14-20)19-6-3-7-19)16-8-10-18(11-9-16)31-26(33)30-17-4-1-2-5-17/h8-14,17,19,25H,1-7H2,(H2,30,31,33). The molecule has 5 rings (SSSR count). The lowest BCUT2D eigenvalue weighted by molar-refractivity contribution is -0.0497. The number of aromatic nitrogens is 1. The highest BCUT2D eigenvalue weighted by atomic mass is 19.3. The van der Waals surface area contributed by atoms with Crippen LogP contribution in [0.2, 0.25) is 0 Å². The molecule has 2 N–H and O–H groups in total. The Morgan fingerprint density at radius 3 is 2.41 bits per heavy atom. The van der Waals surface area contributed by atoms with Gasteiger partial charge in [0.15, 0.2) is 0 Å². The van der Waals surface area contributed by atoms with Gasteiger partial charge < -0.3 is 19.9 Å². The molecule has 1 aromatic heterocycles. The van der Waals surface area contributed by atoms with Crippen LogP contribution in [0.5, 0.6) is 5.75 Å². The maximum Gasteiger partial charge on any atom is 0.387 e. The average Bonchev–Trinajstić information content (AvgIpc) is 3.39. The summed E-state index contributed by atoms with van der Waals surface area (Å²) in [6.07, 6.45) is 7.32. The number of carbonyl (C=O) groups excluding carboxylic acids is 1. The van der Waals surface area contributed by atoms with Crippen LogP contribution in [0.25, 0.3) is 22.2 Å². The number of rotatable bonds is 6. The van der Waals surface area contributed by atoms with Gasteiger partial charge in [0.2, 0.25) is 0 Å². The second-order valence-electron chi connectivity index (χ2n) is 9.00. The maximum atomic E-state index is 12.8. The SMILES string of the molecule is N#Cc1c(-c2ccc(NC(=O)NC3CCCC3)cc2)n(C2CCC2)c2cc(OC(F)F)ccc12. The number of urea groups is 1. The fraction of sp³-hybridized carbons (Fsp3) is 0.385. The summed E-state index contributed by atoms with van der Waals surface area (Å²) in [5.41, 5.74) is 3.48. The van der Waals surface area contributed by atoms with Crippen molar-refractivity contribution in [1.29, 1.82) is 5.26 Å². The first-order valence-electron chi connectivity index (χ1n) is 11.7. The summed E-state index contributed by atoms with van der Waals surface area (Å²) in [5, 5.41) is 16.6. The van der Waals surface area contributed by atoms with Gasteiger partial charge in [0.05, 0.1) is 16.8 Å². The lowest BCUT2D eigenvalue weighted by atomic mass is 9.92. The molecule has 1 heterocycles. The van der Waals surface area contributed by atoms with Gasteiger partial charge in [-0.25, -0.2) is 4.79 Å². The Morgan fingerprint density at radius 1 is 1.06 bits per heavy atom. The molecule has 3 aromatic rings. The van der Waals surface area contributed by atoms with Crippen LogP contribution >= 0.6 is 0 Å². The maximum absolute atomic E-state index is 12.8. The molecule has 0 saturated heterocycles. The van der Waals surface area contributed by atoms with Gasteiger partial charge in [-0.3, -0.25) is 0 Å². The van der Waals surface area contributed by atoms with Crippen LogP contribution in [-0.2, 0) is 0 Å². The first-order valence-corrected chi connectivity index (χ1v) is 11.7. The van der Waals surface area contributed by atoms with E-state index in [1.807, 2.05) is 24.3 Å². The van der Waals surface area contributed by atoms with E-state index in [1.54, 1.807) is 12.1 Å². The zero-order valence-corrected chi connectivity index (χ0v) is 18.7. The third-order valence-corrected chi connectivity index (χ3v) is 6.86. The van der Waals surface area contributed by atoms with Gasteiger partial charge in [-0.15, -0.1) is 0 Å². The Kier molecular flexibility index (Phi) is 6.10. The molecule has 0 unspecified atom stereocenters. The minimum absolute atomic E-state index is 0.0736. The molecule has 176 valence electrons. The highest BCUT2D eigenvalue weighted by molar-refractivity contribution is 5.96. The minimum Gasteiger partial charge on any atom is -0.435 e. The fourth-order valence-corrected chi connectivity index (χ4v) is 5.02. The Hall–Kier alpha value is -3.60. The summed E-state index contributed by atoms with van der Waals surface area (Å²) < 4.78 is 32.3. The molecule has 2 aromatic carbocycles. The number of nitriles is 1. The lowest BCUT2D eigenvalue weighted by Crippen LogP contribution is -2.36. The van der Waals surface area contributed by atoms with E-state index in [0.717, 1.165) is 56.2 Å². The highest BCUT2D eigenvalue weighted by Crippen LogP contribution is 2.43. The summed E-state index contributed by atoms with van der Waals surface area (Å²) in [7, 11) is 0. The van der Waals surface area contributed by atoms with Gasteiger partial charge in [-0.05, 0) is 61.9 Å². The van der Waals surface area contributed by atoms with Crippen molar-refractivity contribution in [3.05, 3.63) is 48.0 Å². The molecule has 0 bridgehead atoms. The van der Waals surface area contributed by atoms with E-state index < -0.39 is 6.61 Å². The summed E-state index contributed by atoms with van der Waals surface area (Å²) in [5.74, 6) is 0.0736. The highest BCUT2D eigenvalue weighted by Gasteiger charge is 2.28. The monoisotopic (exact) mass is 464 g/mol. The molecule has 2 aliphatic carbocycles. The van der Waals surface area contributed by atoms with E-state index >= 15 is 0 Å². The number of carbonyl (C=O) groups is 1. The third kappa shape index (κ3) is 4.30. The summed E-state index contributed by atoms with van der Waals surface area (Å²) in [4.78, 5) is 12.3. The van der Waals surface area contributed by atoms with Gasteiger partial charge in [-0.2, -0.15) is 14.0 Å². The molecule has 0 atom stereocenters. The molecule has 8 heteroatoms. The van der Waals surface area contributed by atoms with E-state index in [4.69, 9.17) is 0 Å². The second kappa shape index (κ2) is 9.34. The Morgan fingerprint density at radius 2 is 1.79 bits per heavy atom. The first-order chi connectivity index (χ1) is 16.5. The molecule has 2 amide bonds. The van der Waals surface area contributed by atoms with Gasteiger partial charge >= 0.3 is 12.6 Å². The van der Waals surface area contributed by atoms with Gasteiger partial charge in [0.1, 0.15) is 11.8 Å². The fourth-order valence-electron chi connectivity index (χ4n) is 5.02.